The lowest BCUT2D eigenvalue weighted by atomic mass is 10.2. The molecular formula is C20H31IN4O4S. The number of hydrogen-bond donors (Lipinski definition) is 1. The van der Waals surface area contributed by atoms with Crippen LogP contribution in [0, 0.1) is 0 Å². The van der Waals surface area contributed by atoms with Crippen molar-refractivity contribution in [1.29, 1.82) is 0 Å². The van der Waals surface area contributed by atoms with E-state index in [4.69, 9.17) is 9.73 Å². The smallest absolute Gasteiger partial charge is 0.251 e. The number of ether oxygens (including phenoxy) is 1. The van der Waals surface area contributed by atoms with Gasteiger partial charge in [-0.15, -0.1) is 24.0 Å². The Morgan fingerprint density at radius 2 is 1.80 bits per heavy atom. The molecule has 0 aromatic heterocycles. The molecule has 1 amide bonds. The molecule has 1 atom stereocenters. The van der Waals surface area contributed by atoms with Gasteiger partial charge in [-0.3, -0.25) is 4.79 Å². The van der Waals surface area contributed by atoms with Gasteiger partial charge in [0.1, 0.15) is 6.10 Å². The van der Waals surface area contributed by atoms with E-state index in [2.05, 4.69) is 10.2 Å². The maximum absolute atomic E-state index is 12.5. The summed E-state index contributed by atoms with van der Waals surface area (Å²) in [6.45, 7) is 6.67. The summed E-state index contributed by atoms with van der Waals surface area (Å²) in [5, 5.41) is 3.31. The van der Waals surface area contributed by atoms with Crippen molar-refractivity contribution >= 4 is 45.7 Å². The highest BCUT2D eigenvalue weighted by atomic mass is 127. The first-order chi connectivity index (χ1) is 13.9. The molecule has 3 rings (SSSR count). The molecule has 0 aliphatic carbocycles. The van der Waals surface area contributed by atoms with Gasteiger partial charge in [0.2, 0.25) is 0 Å². The highest BCUT2D eigenvalue weighted by Crippen LogP contribution is 2.16. The summed E-state index contributed by atoms with van der Waals surface area (Å²) in [4.78, 5) is 21.6. The quantitative estimate of drug-likeness (QED) is 0.340. The Hall–Kier alpha value is -1.40. The van der Waals surface area contributed by atoms with Crippen LogP contribution in [-0.2, 0) is 25.9 Å². The minimum atomic E-state index is -3.19. The fraction of sp³-hybridized carbons (Fsp3) is 0.600. The molecule has 1 aromatic carbocycles. The Labute approximate surface area is 196 Å². The summed E-state index contributed by atoms with van der Waals surface area (Å²) in [6, 6.07) is 6.81. The molecule has 2 aliphatic rings. The molecule has 2 saturated heterocycles. The number of carbonyl (C=O) groups excluding carboxylic acids is 1. The lowest BCUT2D eigenvalue weighted by Crippen LogP contribution is -2.55. The third-order valence-corrected chi connectivity index (χ3v) is 6.32. The monoisotopic (exact) mass is 550 g/mol. The zero-order valence-electron chi connectivity index (χ0n) is 17.5. The molecule has 10 heteroatoms. The molecule has 0 radical (unpaired) electrons. The summed E-state index contributed by atoms with van der Waals surface area (Å²) >= 11 is 0. The number of nitrogens with one attached hydrogen (secondary N) is 1. The number of amides is 1. The number of hydrogen-bond acceptors (Lipinski definition) is 5. The first-order valence-electron chi connectivity index (χ1n) is 10.1. The van der Waals surface area contributed by atoms with Gasteiger partial charge in [0.25, 0.3) is 5.91 Å². The fourth-order valence-corrected chi connectivity index (χ4v) is 4.18. The van der Waals surface area contributed by atoms with Crippen LogP contribution in [0.5, 0.6) is 0 Å². The molecule has 2 heterocycles. The van der Waals surface area contributed by atoms with Crippen LogP contribution in [0.3, 0.4) is 0 Å². The van der Waals surface area contributed by atoms with Crippen molar-refractivity contribution in [3.63, 3.8) is 0 Å². The molecule has 1 unspecified atom stereocenters. The number of piperazine rings is 1. The first-order valence-corrected chi connectivity index (χ1v) is 12.0. The van der Waals surface area contributed by atoms with Crippen LogP contribution in [0.15, 0.2) is 34.2 Å². The summed E-state index contributed by atoms with van der Waals surface area (Å²) in [7, 11) is -3.19. The molecule has 0 spiro atoms. The third-order valence-electron chi connectivity index (χ3n) is 5.19. The molecular weight excluding hydrogens is 519 g/mol. The second-order valence-electron chi connectivity index (χ2n) is 7.40. The largest absolute Gasteiger partial charge is 0.368 e. The van der Waals surface area contributed by atoms with Crippen LogP contribution in [0.2, 0.25) is 0 Å². The summed E-state index contributed by atoms with van der Waals surface area (Å²) in [5.74, 6) is 0.916. The van der Waals surface area contributed by atoms with Crippen LogP contribution in [0.4, 0.5) is 0 Å². The lowest BCUT2D eigenvalue weighted by molar-refractivity contribution is -0.142. The Balaban J connectivity index is 0.00000320. The number of halogens is 1. The minimum Gasteiger partial charge on any atom is -0.368 e. The molecule has 2 aliphatic heterocycles. The van der Waals surface area contributed by atoms with Gasteiger partial charge >= 0.3 is 0 Å². The maximum Gasteiger partial charge on any atom is 0.251 e. The van der Waals surface area contributed by atoms with Crippen molar-refractivity contribution in [2.24, 2.45) is 4.99 Å². The predicted octanol–water partition coefficient (Wildman–Crippen LogP) is 1.50. The topological polar surface area (TPSA) is 91.3 Å². The van der Waals surface area contributed by atoms with E-state index in [-0.39, 0.29) is 36.0 Å². The second-order valence-corrected chi connectivity index (χ2v) is 9.42. The van der Waals surface area contributed by atoms with Crippen molar-refractivity contribution in [2.75, 3.05) is 45.6 Å². The number of benzene rings is 1. The zero-order valence-corrected chi connectivity index (χ0v) is 20.7. The maximum atomic E-state index is 12.5. The lowest BCUT2D eigenvalue weighted by Gasteiger charge is -2.37. The summed E-state index contributed by atoms with van der Waals surface area (Å²) in [5.41, 5.74) is 0.944. The molecule has 168 valence electrons. The van der Waals surface area contributed by atoms with Gasteiger partial charge in [-0.2, -0.15) is 0 Å². The van der Waals surface area contributed by atoms with Gasteiger partial charge in [-0.05, 0) is 37.5 Å². The van der Waals surface area contributed by atoms with E-state index in [0.29, 0.717) is 31.1 Å². The van der Waals surface area contributed by atoms with Crippen LogP contribution in [-0.4, -0.2) is 81.8 Å². The van der Waals surface area contributed by atoms with Crippen molar-refractivity contribution < 1.29 is 17.9 Å². The molecule has 2 fully saturated rings. The van der Waals surface area contributed by atoms with E-state index >= 15 is 0 Å². The molecule has 0 saturated carbocycles. The summed E-state index contributed by atoms with van der Waals surface area (Å²) in [6.07, 6.45) is 2.71. The average Bonchev–Trinajstić information content (AvgIpc) is 3.25. The van der Waals surface area contributed by atoms with Crippen molar-refractivity contribution in [3.8, 4) is 0 Å². The number of sulfone groups is 1. The Morgan fingerprint density at radius 1 is 1.17 bits per heavy atom. The summed E-state index contributed by atoms with van der Waals surface area (Å²) < 4.78 is 28.7. The minimum absolute atomic E-state index is 0. The number of nitrogens with zero attached hydrogens (tertiary/aromatic N) is 3. The number of rotatable bonds is 5. The van der Waals surface area contributed by atoms with Crippen molar-refractivity contribution in [2.45, 2.75) is 37.3 Å². The Bertz CT molecular complexity index is 831. The van der Waals surface area contributed by atoms with E-state index in [1.54, 1.807) is 24.3 Å². The zero-order chi connectivity index (χ0) is 20.9. The molecule has 8 nitrogen and oxygen atoms in total. The van der Waals surface area contributed by atoms with Crippen LogP contribution >= 0.6 is 24.0 Å². The SMILES string of the molecule is CCNC(=NCc1ccc(S(C)(=O)=O)cc1)N1CCN(C(=O)C2CCCO2)CC1.I. The number of carbonyl (C=O) groups is 1. The van der Waals surface area contributed by atoms with Crippen molar-refractivity contribution in [3.05, 3.63) is 29.8 Å². The molecule has 0 bridgehead atoms. The third kappa shape index (κ3) is 6.55. The van der Waals surface area contributed by atoms with Gasteiger partial charge < -0.3 is 19.9 Å². The van der Waals surface area contributed by atoms with Gasteiger partial charge in [0.15, 0.2) is 15.8 Å². The second kappa shape index (κ2) is 11.3. The normalized spacial score (nSPS) is 20.1. The van der Waals surface area contributed by atoms with Gasteiger partial charge in [0.05, 0.1) is 11.4 Å². The highest BCUT2D eigenvalue weighted by Gasteiger charge is 2.30. The molecule has 30 heavy (non-hydrogen) atoms. The van der Waals surface area contributed by atoms with Gasteiger partial charge in [-0.25, -0.2) is 13.4 Å². The van der Waals surface area contributed by atoms with E-state index in [1.165, 1.54) is 6.26 Å². The molecule has 1 N–H and O–H groups in total. The van der Waals surface area contributed by atoms with E-state index in [9.17, 15) is 13.2 Å². The fourth-order valence-electron chi connectivity index (χ4n) is 3.55. The number of aliphatic imine (C=N–C) groups is 1. The highest BCUT2D eigenvalue weighted by molar-refractivity contribution is 14.0. The van der Waals surface area contributed by atoms with Crippen LogP contribution in [0.1, 0.15) is 25.3 Å². The van der Waals surface area contributed by atoms with E-state index in [1.807, 2.05) is 11.8 Å². The van der Waals surface area contributed by atoms with Crippen molar-refractivity contribution in [1.82, 2.24) is 15.1 Å². The van der Waals surface area contributed by atoms with Gasteiger partial charge in [-0.1, -0.05) is 12.1 Å². The standard InChI is InChI=1S/C20H30N4O4S.HI/c1-3-21-20(22-15-16-6-8-17(9-7-16)29(2,26)27)24-12-10-23(11-13-24)19(25)18-5-4-14-28-18;/h6-9,18H,3-5,10-15H2,1-2H3,(H,21,22);1H. The average molecular weight is 550 g/mol. The van der Waals surface area contributed by atoms with Crippen LogP contribution < -0.4 is 5.32 Å². The van der Waals surface area contributed by atoms with E-state index < -0.39 is 9.84 Å². The Morgan fingerprint density at radius 3 is 2.33 bits per heavy atom. The first kappa shape index (κ1) is 24.9. The Kier molecular flexibility index (Phi) is 9.35. The molecule has 1 aromatic rings. The number of guanidine groups is 1. The van der Waals surface area contributed by atoms with E-state index in [0.717, 1.165) is 44.0 Å². The predicted molar refractivity (Wildman–Crippen MR) is 127 cm³/mol. The van der Waals surface area contributed by atoms with Crippen LogP contribution in [0.25, 0.3) is 0 Å². The van der Waals surface area contributed by atoms with Gasteiger partial charge in [0, 0.05) is 45.6 Å².